The quantitative estimate of drug-likeness (QED) is 0.912. The molecule has 19 heavy (non-hydrogen) atoms. The predicted octanol–water partition coefficient (Wildman–Crippen LogP) is 2.01. The predicted molar refractivity (Wildman–Crippen MR) is 77.1 cm³/mol. The zero-order valence-corrected chi connectivity index (χ0v) is 11.3. The monoisotopic (exact) mass is 256 g/mol. The van der Waals surface area contributed by atoms with E-state index in [1.807, 2.05) is 10.9 Å². The van der Waals surface area contributed by atoms with Gasteiger partial charge in [-0.25, -0.2) is 0 Å². The van der Waals surface area contributed by atoms with E-state index >= 15 is 0 Å². The number of rotatable bonds is 3. The number of anilines is 1. The first-order chi connectivity index (χ1) is 9.36. The molecule has 0 unspecified atom stereocenters. The lowest BCUT2D eigenvalue weighted by Crippen LogP contribution is -2.28. The van der Waals surface area contributed by atoms with Crippen LogP contribution in [0.2, 0.25) is 0 Å². The van der Waals surface area contributed by atoms with Gasteiger partial charge in [0.15, 0.2) is 0 Å². The van der Waals surface area contributed by atoms with Crippen LogP contribution in [0, 0.1) is 0 Å². The number of para-hydroxylation sites is 1. The Morgan fingerprint density at radius 2 is 2.21 bits per heavy atom. The summed E-state index contributed by atoms with van der Waals surface area (Å²) in [5.74, 6) is 0. The maximum absolute atomic E-state index is 4.35. The van der Waals surface area contributed by atoms with Crippen LogP contribution < -0.4 is 10.2 Å². The van der Waals surface area contributed by atoms with Crippen LogP contribution >= 0.6 is 0 Å². The molecule has 2 aromatic rings. The second kappa shape index (κ2) is 5.45. The molecule has 1 aliphatic rings. The standard InChI is InChI=1S/C15H20N4/c1-2-19-12-13(9-17-19)11-18-8-7-16-10-14-5-3-4-6-15(14)18/h3-6,9,12,16H,2,7-8,10-11H2,1H3. The summed E-state index contributed by atoms with van der Waals surface area (Å²) in [6, 6.07) is 8.65. The van der Waals surface area contributed by atoms with Crippen molar-refractivity contribution in [3.8, 4) is 0 Å². The molecule has 0 fully saturated rings. The third-order valence-corrected chi connectivity index (χ3v) is 3.59. The second-order valence-electron chi connectivity index (χ2n) is 4.93. The number of fused-ring (bicyclic) bond motifs is 1. The minimum Gasteiger partial charge on any atom is -0.366 e. The first kappa shape index (κ1) is 12.2. The smallest absolute Gasteiger partial charge is 0.0539 e. The molecular weight excluding hydrogens is 236 g/mol. The van der Waals surface area contributed by atoms with Crippen LogP contribution in [-0.4, -0.2) is 22.9 Å². The number of nitrogens with zero attached hydrogens (tertiary/aromatic N) is 3. The van der Waals surface area contributed by atoms with Crippen molar-refractivity contribution in [2.24, 2.45) is 0 Å². The van der Waals surface area contributed by atoms with E-state index in [1.54, 1.807) is 0 Å². The Labute approximate surface area is 114 Å². The summed E-state index contributed by atoms with van der Waals surface area (Å²) in [6.45, 7) is 6.99. The summed E-state index contributed by atoms with van der Waals surface area (Å²) < 4.78 is 1.98. The van der Waals surface area contributed by atoms with Crippen LogP contribution in [0.25, 0.3) is 0 Å². The van der Waals surface area contributed by atoms with Crippen molar-refractivity contribution in [1.29, 1.82) is 0 Å². The molecule has 100 valence electrons. The fourth-order valence-corrected chi connectivity index (χ4v) is 2.57. The molecule has 1 aromatic heterocycles. The first-order valence-corrected chi connectivity index (χ1v) is 6.91. The Balaban J connectivity index is 1.83. The van der Waals surface area contributed by atoms with E-state index in [2.05, 4.69) is 52.7 Å². The van der Waals surface area contributed by atoms with Crippen LogP contribution in [-0.2, 0) is 19.6 Å². The molecule has 0 bridgehead atoms. The highest BCUT2D eigenvalue weighted by Gasteiger charge is 2.15. The van der Waals surface area contributed by atoms with Crippen molar-refractivity contribution < 1.29 is 0 Å². The molecule has 0 spiro atoms. The number of benzene rings is 1. The lowest BCUT2D eigenvalue weighted by Gasteiger charge is -2.23. The summed E-state index contributed by atoms with van der Waals surface area (Å²) in [6.07, 6.45) is 4.12. The molecule has 0 saturated carbocycles. The summed E-state index contributed by atoms with van der Waals surface area (Å²) in [7, 11) is 0. The maximum Gasteiger partial charge on any atom is 0.0539 e. The van der Waals surface area contributed by atoms with Crippen molar-refractivity contribution in [3.63, 3.8) is 0 Å². The van der Waals surface area contributed by atoms with E-state index in [-0.39, 0.29) is 0 Å². The molecule has 1 aliphatic heterocycles. The minimum atomic E-state index is 0.929. The van der Waals surface area contributed by atoms with Gasteiger partial charge in [-0.3, -0.25) is 4.68 Å². The van der Waals surface area contributed by atoms with Gasteiger partial charge in [-0.05, 0) is 18.6 Å². The molecule has 0 atom stereocenters. The molecule has 0 saturated heterocycles. The molecule has 4 nitrogen and oxygen atoms in total. The van der Waals surface area contributed by atoms with Gasteiger partial charge in [0.2, 0.25) is 0 Å². The Bertz CT molecular complexity index is 547. The molecule has 0 radical (unpaired) electrons. The van der Waals surface area contributed by atoms with Crippen molar-refractivity contribution >= 4 is 5.69 Å². The van der Waals surface area contributed by atoms with Crippen LogP contribution in [0.3, 0.4) is 0 Å². The normalized spacial score (nSPS) is 15.1. The van der Waals surface area contributed by atoms with Crippen molar-refractivity contribution in [2.75, 3.05) is 18.0 Å². The number of hydrogen-bond acceptors (Lipinski definition) is 3. The van der Waals surface area contributed by atoms with Gasteiger partial charge in [0.1, 0.15) is 0 Å². The molecule has 1 aromatic carbocycles. The third kappa shape index (κ3) is 2.63. The summed E-state index contributed by atoms with van der Waals surface area (Å²) >= 11 is 0. The van der Waals surface area contributed by atoms with Crippen LogP contribution in [0.15, 0.2) is 36.7 Å². The zero-order chi connectivity index (χ0) is 13.1. The van der Waals surface area contributed by atoms with Gasteiger partial charge in [-0.1, -0.05) is 18.2 Å². The molecule has 0 amide bonds. The van der Waals surface area contributed by atoms with E-state index in [0.717, 1.165) is 32.7 Å². The largest absolute Gasteiger partial charge is 0.366 e. The van der Waals surface area contributed by atoms with Gasteiger partial charge in [-0.2, -0.15) is 5.10 Å². The number of aromatic nitrogens is 2. The van der Waals surface area contributed by atoms with Crippen molar-refractivity contribution in [3.05, 3.63) is 47.8 Å². The molecule has 4 heteroatoms. The summed E-state index contributed by atoms with van der Waals surface area (Å²) in [5, 5.41) is 7.83. The highest BCUT2D eigenvalue weighted by atomic mass is 15.3. The van der Waals surface area contributed by atoms with E-state index in [0.29, 0.717) is 0 Å². The SMILES string of the molecule is CCn1cc(CN2CCNCc3ccccc32)cn1. The average Bonchev–Trinajstić information content (AvgIpc) is 2.80. The molecule has 0 aliphatic carbocycles. The van der Waals surface area contributed by atoms with E-state index in [4.69, 9.17) is 0 Å². The summed E-state index contributed by atoms with van der Waals surface area (Å²) in [5.41, 5.74) is 4.00. The van der Waals surface area contributed by atoms with E-state index in [1.165, 1.54) is 16.8 Å². The fourth-order valence-electron chi connectivity index (χ4n) is 2.57. The third-order valence-electron chi connectivity index (χ3n) is 3.59. The Morgan fingerprint density at radius 1 is 1.32 bits per heavy atom. The molecule has 1 N–H and O–H groups in total. The first-order valence-electron chi connectivity index (χ1n) is 6.91. The van der Waals surface area contributed by atoms with Crippen LogP contribution in [0.4, 0.5) is 5.69 Å². The van der Waals surface area contributed by atoms with Crippen molar-refractivity contribution in [2.45, 2.75) is 26.6 Å². The lowest BCUT2D eigenvalue weighted by atomic mass is 10.1. The van der Waals surface area contributed by atoms with Gasteiger partial charge >= 0.3 is 0 Å². The average molecular weight is 256 g/mol. The Kier molecular flexibility index (Phi) is 3.51. The molecule has 2 heterocycles. The van der Waals surface area contributed by atoms with E-state index < -0.39 is 0 Å². The van der Waals surface area contributed by atoms with Gasteiger partial charge in [0.25, 0.3) is 0 Å². The number of hydrogen-bond donors (Lipinski definition) is 1. The minimum absolute atomic E-state index is 0.929. The summed E-state index contributed by atoms with van der Waals surface area (Å²) in [4.78, 5) is 2.44. The highest BCUT2D eigenvalue weighted by molar-refractivity contribution is 5.54. The highest BCUT2D eigenvalue weighted by Crippen LogP contribution is 2.23. The van der Waals surface area contributed by atoms with Gasteiger partial charge in [0.05, 0.1) is 6.20 Å². The van der Waals surface area contributed by atoms with Crippen LogP contribution in [0.5, 0.6) is 0 Å². The van der Waals surface area contributed by atoms with E-state index in [9.17, 15) is 0 Å². The zero-order valence-electron chi connectivity index (χ0n) is 11.3. The van der Waals surface area contributed by atoms with Gasteiger partial charge in [-0.15, -0.1) is 0 Å². The number of aryl methyl sites for hydroxylation is 1. The molecule has 3 rings (SSSR count). The topological polar surface area (TPSA) is 33.1 Å². The Morgan fingerprint density at radius 3 is 3.05 bits per heavy atom. The van der Waals surface area contributed by atoms with Gasteiger partial charge < -0.3 is 10.2 Å². The lowest BCUT2D eigenvalue weighted by molar-refractivity contribution is 0.658. The Hall–Kier alpha value is -1.81. The maximum atomic E-state index is 4.35. The second-order valence-corrected chi connectivity index (χ2v) is 4.93. The van der Waals surface area contributed by atoms with Crippen molar-refractivity contribution in [1.82, 2.24) is 15.1 Å². The molecular formula is C15H20N4. The van der Waals surface area contributed by atoms with Gasteiger partial charge in [0, 0.05) is 50.2 Å². The van der Waals surface area contributed by atoms with Crippen LogP contribution in [0.1, 0.15) is 18.1 Å². The fraction of sp³-hybridized carbons (Fsp3) is 0.400. The number of nitrogens with one attached hydrogen (secondary N) is 1.